The molecule has 2 aliphatic rings. The second-order valence-electron chi connectivity index (χ2n) is 8.51. The van der Waals surface area contributed by atoms with Crippen molar-refractivity contribution in [2.75, 3.05) is 0 Å². The van der Waals surface area contributed by atoms with Crippen LogP contribution in [0.4, 0.5) is 0 Å². The Bertz CT molecular complexity index is 1470. The Labute approximate surface area is 250 Å². The Kier molecular flexibility index (Phi) is 9.98. The van der Waals surface area contributed by atoms with E-state index in [0.717, 1.165) is 28.7 Å². The van der Waals surface area contributed by atoms with Crippen LogP contribution in [0.15, 0.2) is 115 Å². The van der Waals surface area contributed by atoms with Crippen LogP contribution in [0.5, 0.6) is 0 Å². The molecular formula is C34H21Cl2Zr. The average Bonchev–Trinajstić information content (AvgIpc) is 3.53. The third-order valence-electron chi connectivity index (χ3n) is 6.30. The minimum Gasteiger partial charge on any atom is -1.00 e. The normalized spacial score (nSPS) is 12.2. The molecule has 0 saturated heterocycles. The molecule has 1 radical (unpaired) electrons. The van der Waals surface area contributed by atoms with E-state index in [9.17, 15) is 0 Å². The van der Waals surface area contributed by atoms with Gasteiger partial charge in [-0.3, -0.25) is 6.08 Å². The van der Waals surface area contributed by atoms with Gasteiger partial charge in [-0.15, -0.1) is 6.42 Å². The maximum absolute atomic E-state index is 3.57. The Morgan fingerprint density at radius 3 is 1.46 bits per heavy atom. The molecule has 175 valence electrons. The summed E-state index contributed by atoms with van der Waals surface area (Å²) in [5.74, 6) is 13.5. The first-order chi connectivity index (χ1) is 16.8. The van der Waals surface area contributed by atoms with E-state index in [1.165, 1.54) is 27.8 Å². The van der Waals surface area contributed by atoms with Gasteiger partial charge in [-0.1, -0.05) is 72.2 Å². The fourth-order valence-corrected chi connectivity index (χ4v) is 4.70. The number of fused-ring (bicyclic) bond motifs is 3. The number of halogens is 2. The predicted octanol–water partition coefficient (Wildman–Crippen LogP) is 1.29. The standard InChI is InChI=1S/C34H21.2ClH.Zr/c1-3-9-25(10-4-1)15-17-27-19-21-30-31-22-20-28(18-16-26-11-5-2-6-12-26)24-33(31)34(32(30)23-27)29-13-7-8-14-29;;;/h1-7,9-13,19-24,34H,8H2;2*1H;/q-1;;;+3/p-2. The smallest absolute Gasteiger partial charge is 1.00 e. The van der Waals surface area contributed by atoms with E-state index in [4.69, 9.17) is 0 Å². The first kappa shape index (κ1) is 28.5. The molecule has 0 atom stereocenters. The second kappa shape index (κ2) is 13.0. The van der Waals surface area contributed by atoms with E-state index in [1.807, 2.05) is 60.7 Å². The van der Waals surface area contributed by atoms with Crippen LogP contribution < -0.4 is 24.8 Å². The Hall–Kier alpha value is -3.06. The van der Waals surface area contributed by atoms with Gasteiger partial charge in [0.25, 0.3) is 0 Å². The van der Waals surface area contributed by atoms with E-state index >= 15 is 0 Å². The summed E-state index contributed by atoms with van der Waals surface area (Å²) in [6.45, 7) is 0. The Morgan fingerprint density at radius 1 is 0.568 bits per heavy atom. The number of rotatable bonds is 1. The third kappa shape index (κ3) is 6.09. The van der Waals surface area contributed by atoms with E-state index in [1.54, 1.807) is 0 Å². The van der Waals surface area contributed by atoms with Crippen LogP contribution in [0.1, 0.15) is 45.7 Å². The van der Waals surface area contributed by atoms with Crippen molar-refractivity contribution in [3.05, 3.63) is 154 Å². The number of hydrogen-bond acceptors (Lipinski definition) is 0. The quantitative estimate of drug-likeness (QED) is 0.231. The first-order valence-corrected chi connectivity index (χ1v) is 11.5. The van der Waals surface area contributed by atoms with Gasteiger partial charge in [0.15, 0.2) is 0 Å². The number of hydrogen-bond donors (Lipinski definition) is 0. The largest absolute Gasteiger partial charge is 3.00 e. The number of benzene rings is 4. The zero-order chi connectivity index (χ0) is 22.7. The van der Waals surface area contributed by atoms with Gasteiger partial charge in [0, 0.05) is 28.2 Å². The molecule has 0 heterocycles. The SMILES string of the molecule is C(#Cc1ccc2c(c1)C(C1=[C-]CC=C1)c1cc(C#Cc3ccccc3)ccc1-2)c1ccccc1.[Cl-].[Cl-].[Zr+3]. The maximum atomic E-state index is 3.57. The zero-order valence-corrected chi connectivity index (χ0v) is 23.9. The summed E-state index contributed by atoms with van der Waals surface area (Å²) < 4.78 is 0. The molecule has 3 heteroatoms. The molecule has 0 N–H and O–H groups in total. The maximum Gasteiger partial charge on any atom is 3.00 e. The molecule has 0 aromatic heterocycles. The fourth-order valence-electron chi connectivity index (χ4n) is 4.70. The summed E-state index contributed by atoms with van der Waals surface area (Å²) >= 11 is 0. The average molecular weight is 592 g/mol. The molecule has 6 rings (SSSR count). The van der Waals surface area contributed by atoms with Crippen LogP contribution in [-0.2, 0) is 26.2 Å². The van der Waals surface area contributed by atoms with Crippen molar-refractivity contribution < 1.29 is 51.0 Å². The van der Waals surface area contributed by atoms with Crippen molar-refractivity contribution in [3.8, 4) is 34.8 Å². The second-order valence-corrected chi connectivity index (χ2v) is 8.51. The van der Waals surface area contributed by atoms with E-state index in [0.29, 0.717) is 0 Å². The summed E-state index contributed by atoms with van der Waals surface area (Å²) in [5.41, 5.74) is 10.5. The zero-order valence-electron chi connectivity index (χ0n) is 19.9. The summed E-state index contributed by atoms with van der Waals surface area (Å²) in [5, 5.41) is 0. The van der Waals surface area contributed by atoms with Crippen LogP contribution >= 0.6 is 0 Å². The van der Waals surface area contributed by atoms with Crippen LogP contribution in [0.25, 0.3) is 11.1 Å². The molecule has 0 fully saturated rings. The van der Waals surface area contributed by atoms with Gasteiger partial charge in [0.05, 0.1) is 0 Å². The summed E-state index contributed by atoms with van der Waals surface area (Å²) in [4.78, 5) is 0. The third-order valence-corrected chi connectivity index (χ3v) is 6.30. The molecule has 2 aliphatic carbocycles. The van der Waals surface area contributed by atoms with Gasteiger partial charge in [0.1, 0.15) is 0 Å². The van der Waals surface area contributed by atoms with Gasteiger partial charge < -0.3 is 24.8 Å². The van der Waals surface area contributed by atoms with Crippen molar-refractivity contribution in [1.82, 2.24) is 0 Å². The first-order valence-electron chi connectivity index (χ1n) is 11.5. The van der Waals surface area contributed by atoms with Crippen LogP contribution in [-0.4, -0.2) is 0 Å². The predicted molar refractivity (Wildman–Crippen MR) is 139 cm³/mol. The molecule has 0 amide bonds. The molecule has 4 aromatic carbocycles. The molecule has 4 aromatic rings. The van der Waals surface area contributed by atoms with Crippen molar-refractivity contribution in [1.29, 1.82) is 0 Å². The molecule has 0 aliphatic heterocycles. The minimum absolute atomic E-state index is 0. The van der Waals surface area contributed by atoms with E-state index in [-0.39, 0.29) is 56.9 Å². The van der Waals surface area contributed by atoms with Gasteiger partial charge in [-0.25, -0.2) is 11.6 Å². The fraction of sp³-hybridized carbons (Fsp3) is 0.0588. The topological polar surface area (TPSA) is 0 Å². The Morgan fingerprint density at radius 2 is 1.03 bits per heavy atom. The van der Waals surface area contributed by atoms with Gasteiger partial charge >= 0.3 is 26.2 Å². The van der Waals surface area contributed by atoms with Gasteiger partial charge in [-0.05, 0) is 70.8 Å². The molecule has 0 spiro atoms. The molecule has 0 saturated carbocycles. The van der Waals surface area contributed by atoms with Crippen molar-refractivity contribution in [2.24, 2.45) is 0 Å². The number of allylic oxidation sites excluding steroid dienone is 4. The molecule has 0 unspecified atom stereocenters. The van der Waals surface area contributed by atoms with E-state index < -0.39 is 0 Å². The molecule has 37 heavy (non-hydrogen) atoms. The van der Waals surface area contributed by atoms with Crippen LogP contribution in [0.2, 0.25) is 0 Å². The minimum atomic E-state index is 0. The molecule has 0 bridgehead atoms. The van der Waals surface area contributed by atoms with Crippen LogP contribution in [0, 0.1) is 29.8 Å². The van der Waals surface area contributed by atoms with E-state index in [2.05, 4.69) is 78.3 Å². The van der Waals surface area contributed by atoms with Gasteiger partial charge in [0.2, 0.25) is 0 Å². The molecular weight excluding hydrogens is 571 g/mol. The Balaban J connectivity index is 0.00000127. The monoisotopic (exact) mass is 589 g/mol. The summed E-state index contributed by atoms with van der Waals surface area (Å²) in [6, 6.07) is 33.5. The van der Waals surface area contributed by atoms with Crippen molar-refractivity contribution in [2.45, 2.75) is 12.3 Å². The van der Waals surface area contributed by atoms with Crippen LogP contribution in [0.3, 0.4) is 0 Å². The van der Waals surface area contributed by atoms with Gasteiger partial charge in [-0.2, -0.15) is 6.08 Å². The summed E-state index contributed by atoms with van der Waals surface area (Å²) in [6.07, 6.45) is 8.84. The molecule has 0 nitrogen and oxygen atoms in total. The van der Waals surface area contributed by atoms with Crippen molar-refractivity contribution >= 4 is 0 Å². The summed E-state index contributed by atoms with van der Waals surface area (Å²) in [7, 11) is 0. The van der Waals surface area contributed by atoms with Crippen molar-refractivity contribution in [3.63, 3.8) is 0 Å².